The Kier molecular flexibility index (Phi) is 3.75. The maximum atomic E-state index is 10.7. The summed E-state index contributed by atoms with van der Waals surface area (Å²) < 4.78 is 15.2. The van der Waals surface area contributed by atoms with Crippen molar-refractivity contribution >= 4 is 6.16 Å². The van der Waals surface area contributed by atoms with Crippen molar-refractivity contribution in [3.8, 4) is 0 Å². The summed E-state index contributed by atoms with van der Waals surface area (Å²) >= 11 is 0. The first-order chi connectivity index (χ1) is 6.56. The molecule has 0 saturated carbocycles. The highest BCUT2D eigenvalue weighted by molar-refractivity contribution is 5.60. The zero-order chi connectivity index (χ0) is 10.6. The summed E-state index contributed by atoms with van der Waals surface area (Å²) in [5.74, 6) is 0. The molecule has 0 aromatic rings. The van der Waals surface area contributed by atoms with E-state index in [-0.39, 0.29) is 11.5 Å². The molecule has 0 spiro atoms. The molecule has 1 atom stereocenters. The molecule has 4 heteroatoms. The molecule has 1 heterocycles. The molecule has 0 aliphatic carbocycles. The van der Waals surface area contributed by atoms with Crippen LogP contribution in [-0.4, -0.2) is 32.1 Å². The summed E-state index contributed by atoms with van der Waals surface area (Å²) in [5, 5.41) is 0. The van der Waals surface area contributed by atoms with Gasteiger partial charge in [-0.2, -0.15) is 0 Å². The summed E-state index contributed by atoms with van der Waals surface area (Å²) in [6.07, 6.45) is 0.645. The second kappa shape index (κ2) is 4.64. The summed E-state index contributed by atoms with van der Waals surface area (Å²) in [5.41, 5.74) is -0.197. The first kappa shape index (κ1) is 11.3. The molecule has 1 aliphatic rings. The fourth-order valence-corrected chi connectivity index (χ4v) is 1.09. The third-order valence-corrected chi connectivity index (χ3v) is 2.37. The van der Waals surface area contributed by atoms with Crippen LogP contribution in [0.5, 0.6) is 0 Å². The summed E-state index contributed by atoms with van der Waals surface area (Å²) in [6, 6.07) is 0. The van der Waals surface area contributed by atoms with Crippen molar-refractivity contribution < 1.29 is 19.0 Å². The van der Waals surface area contributed by atoms with Crippen molar-refractivity contribution in [1.29, 1.82) is 0 Å². The Bertz CT molecular complexity index is 192. The maximum Gasteiger partial charge on any atom is 0.508 e. The van der Waals surface area contributed by atoms with Crippen molar-refractivity contribution in [3.63, 3.8) is 0 Å². The standard InChI is InChI=1S/C10H18O4/c1-4-8(2)12-5-10(3)6-13-9(11)14-7-10/h8H,4-7H2,1-3H3. The quantitative estimate of drug-likeness (QED) is 0.654. The van der Waals surface area contributed by atoms with E-state index in [1.807, 2.05) is 13.8 Å². The van der Waals surface area contributed by atoms with Crippen LogP contribution >= 0.6 is 0 Å². The van der Waals surface area contributed by atoms with E-state index < -0.39 is 6.16 Å². The smallest absolute Gasteiger partial charge is 0.433 e. The Labute approximate surface area is 84.5 Å². The fraction of sp³-hybridized carbons (Fsp3) is 0.900. The van der Waals surface area contributed by atoms with Crippen LogP contribution in [0.2, 0.25) is 0 Å². The van der Waals surface area contributed by atoms with Crippen molar-refractivity contribution in [2.24, 2.45) is 5.41 Å². The van der Waals surface area contributed by atoms with Crippen LogP contribution in [0, 0.1) is 5.41 Å². The number of carbonyl (C=O) groups is 1. The van der Waals surface area contributed by atoms with Gasteiger partial charge in [-0.3, -0.25) is 0 Å². The number of carbonyl (C=O) groups excluding carboxylic acids is 1. The molecule has 4 nitrogen and oxygen atoms in total. The molecule has 1 saturated heterocycles. The largest absolute Gasteiger partial charge is 0.508 e. The van der Waals surface area contributed by atoms with E-state index in [9.17, 15) is 4.79 Å². The normalized spacial score (nSPS) is 22.4. The lowest BCUT2D eigenvalue weighted by atomic mass is 9.94. The second-order valence-electron chi connectivity index (χ2n) is 4.17. The number of rotatable bonds is 4. The predicted octanol–water partition coefficient (Wildman–Crippen LogP) is 1.97. The maximum absolute atomic E-state index is 10.7. The minimum Gasteiger partial charge on any atom is -0.433 e. The lowest BCUT2D eigenvalue weighted by Gasteiger charge is -2.32. The molecule has 1 unspecified atom stereocenters. The van der Waals surface area contributed by atoms with Gasteiger partial charge >= 0.3 is 6.16 Å². The molecule has 82 valence electrons. The van der Waals surface area contributed by atoms with Gasteiger partial charge in [0.15, 0.2) is 0 Å². The van der Waals surface area contributed by atoms with Gasteiger partial charge in [0.1, 0.15) is 13.2 Å². The van der Waals surface area contributed by atoms with Gasteiger partial charge in [0.2, 0.25) is 0 Å². The van der Waals surface area contributed by atoms with E-state index in [1.165, 1.54) is 0 Å². The summed E-state index contributed by atoms with van der Waals surface area (Å²) in [6.45, 7) is 7.41. The highest BCUT2D eigenvalue weighted by Crippen LogP contribution is 2.23. The van der Waals surface area contributed by atoms with Gasteiger partial charge in [-0.25, -0.2) is 4.79 Å². The van der Waals surface area contributed by atoms with Crippen molar-refractivity contribution in [2.75, 3.05) is 19.8 Å². The lowest BCUT2D eigenvalue weighted by molar-refractivity contribution is -0.0963. The molecular weight excluding hydrogens is 184 g/mol. The molecular formula is C10H18O4. The van der Waals surface area contributed by atoms with Crippen molar-refractivity contribution in [1.82, 2.24) is 0 Å². The number of hydrogen-bond acceptors (Lipinski definition) is 4. The van der Waals surface area contributed by atoms with Gasteiger partial charge in [0.05, 0.1) is 18.1 Å². The third-order valence-electron chi connectivity index (χ3n) is 2.37. The highest BCUT2D eigenvalue weighted by Gasteiger charge is 2.33. The zero-order valence-electron chi connectivity index (χ0n) is 9.04. The van der Waals surface area contributed by atoms with Gasteiger partial charge in [0, 0.05) is 0 Å². The van der Waals surface area contributed by atoms with Crippen molar-refractivity contribution in [3.05, 3.63) is 0 Å². The van der Waals surface area contributed by atoms with E-state index in [0.29, 0.717) is 19.8 Å². The van der Waals surface area contributed by atoms with Gasteiger partial charge in [-0.15, -0.1) is 0 Å². The van der Waals surface area contributed by atoms with E-state index in [4.69, 9.17) is 14.2 Å². The summed E-state index contributed by atoms with van der Waals surface area (Å²) in [7, 11) is 0. The van der Waals surface area contributed by atoms with E-state index >= 15 is 0 Å². The van der Waals surface area contributed by atoms with Crippen LogP contribution in [0.4, 0.5) is 4.79 Å². The van der Waals surface area contributed by atoms with Crippen molar-refractivity contribution in [2.45, 2.75) is 33.3 Å². The Morgan fingerprint density at radius 2 is 2.07 bits per heavy atom. The van der Waals surface area contributed by atoms with Gasteiger partial charge < -0.3 is 14.2 Å². The third kappa shape index (κ3) is 3.18. The van der Waals surface area contributed by atoms with Crippen LogP contribution in [0.25, 0.3) is 0 Å². The van der Waals surface area contributed by atoms with Crippen LogP contribution in [-0.2, 0) is 14.2 Å². The molecule has 0 aromatic heterocycles. The Morgan fingerprint density at radius 1 is 1.50 bits per heavy atom. The molecule has 1 rings (SSSR count). The number of ether oxygens (including phenoxy) is 3. The van der Waals surface area contributed by atoms with E-state index in [2.05, 4.69) is 6.92 Å². The second-order valence-corrected chi connectivity index (χ2v) is 4.17. The Balaban J connectivity index is 2.31. The number of cyclic esters (lactones) is 2. The summed E-state index contributed by atoms with van der Waals surface area (Å²) in [4.78, 5) is 10.7. The van der Waals surface area contributed by atoms with Crippen LogP contribution in [0.3, 0.4) is 0 Å². The first-order valence-electron chi connectivity index (χ1n) is 4.97. The van der Waals surface area contributed by atoms with E-state index in [1.54, 1.807) is 0 Å². The van der Waals surface area contributed by atoms with Gasteiger partial charge in [-0.05, 0) is 13.3 Å². The minimum atomic E-state index is -0.578. The van der Waals surface area contributed by atoms with Gasteiger partial charge in [-0.1, -0.05) is 13.8 Å². The van der Waals surface area contributed by atoms with Gasteiger partial charge in [0.25, 0.3) is 0 Å². The average molecular weight is 202 g/mol. The van der Waals surface area contributed by atoms with Crippen LogP contribution in [0.15, 0.2) is 0 Å². The van der Waals surface area contributed by atoms with E-state index in [0.717, 1.165) is 6.42 Å². The fourth-order valence-electron chi connectivity index (χ4n) is 1.09. The predicted molar refractivity (Wildman–Crippen MR) is 51.1 cm³/mol. The Morgan fingerprint density at radius 3 is 2.57 bits per heavy atom. The molecule has 0 N–H and O–H groups in total. The molecule has 0 bridgehead atoms. The molecule has 1 aliphatic heterocycles. The lowest BCUT2D eigenvalue weighted by Crippen LogP contribution is -2.41. The first-order valence-corrected chi connectivity index (χ1v) is 4.97. The molecule has 1 fully saturated rings. The highest BCUT2D eigenvalue weighted by atomic mass is 16.7. The average Bonchev–Trinajstić information content (AvgIpc) is 2.20. The number of hydrogen-bond donors (Lipinski definition) is 0. The molecule has 0 radical (unpaired) electrons. The SMILES string of the molecule is CCC(C)OCC1(C)COC(=O)OC1. The minimum absolute atomic E-state index is 0.197. The van der Waals surface area contributed by atoms with Crippen LogP contribution in [0.1, 0.15) is 27.2 Å². The molecule has 0 aromatic carbocycles. The topological polar surface area (TPSA) is 44.8 Å². The van der Waals surface area contributed by atoms with Crippen LogP contribution < -0.4 is 0 Å². The monoisotopic (exact) mass is 202 g/mol. The molecule has 0 amide bonds. The Hall–Kier alpha value is -0.770. The zero-order valence-corrected chi connectivity index (χ0v) is 9.04. The molecule has 14 heavy (non-hydrogen) atoms.